The number of nitrogen functional groups attached to an aromatic ring is 1. The highest BCUT2D eigenvalue weighted by atomic mass is 15.4. The lowest BCUT2D eigenvalue weighted by atomic mass is 9.83. The van der Waals surface area contributed by atoms with Gasteiger partial charge in [-0.2, -0.15) is 15.0 Å². The van der Waals surface area contributed by atoms with Gasteiger partial charge in [-0.25, -0.2) is 5.84 Å². The molecule has 3 rings (SSSR count). The molecule has 1 aliphatic carbocycles. The van der Waals surface area contributed by atoms with E-state index in [4.69, 9.17) is 5.84 Å². The molecule has 0 unspecified atom stereocenters. The monoisotopic (exact) mass is 277 g/mol. The van der Waals surface area contributed by atoms with Gasteiger partial charge < -0.3 is 10.2 Å². The molecule has 1 aromatic heterocycles. The molecule has 110 valence electrons. The van der Waals surface area contributed by atoms with Crippen LogP contribution in [-0.2, 0) is 0 Å². The summed E-state index contributed by atoms with van der Waals surface area (Å²) in [5.74, 6) is 8.09. The Balaban J connectivity index is 1.63. The minimum Gasteiger partial charge on any atom is -0.354 e. The Labute approximate surface area is 119 Å². The molecule has 7 heteroatoms. The molecule has 0 radical (unpaired) electrons. The van der Waals surface area contributed by atoms with Crippen LogP contribution in [0.3, 0.4) is 0 Å². The van der Waals surface area contributed by atoms with Gasteiger partial charge in [0.1, 0.15) is 0 Å². The molecule has 0 bridgehead atoms. The van der Waals surface area contributed by atoms with E-state index in [2.05, 4.69) is 30.6 Å². The molecule has 2 heterocycles. The Morgan fingerprint density at radius 2 is 1.80 bits per heavy atom. The number of hydrogen-bond donors (Lipinski definition) is 3. The van der Waals surface area contributed by atoms with E-state index in [1.54, 1.807) is 0 Å². The minimum atomic E-state index is 0.424. The molecule has 1 saturated carbocycles. The SMILES string of the molecule is NNc1nc(NCCC2CCC2)nc(N2CCCC2)n1. The van der Waals surface area contributed by atoms with Gasteiger partial charge in [0, 0.05) is 19.6 Å². The van der Waals surface area contributed by atoms with E-state index in [0.29, 0.717) is 11.9 Å². The standard InChI is InChI=1S/C13H23N7/c14-19-12-16-11(15-7-6-10-4-3-5-10)17-13(18-12)20-8-1-2-9-20/h10H,1-9,14H2,(H2,15,16,17,18,19). The highest BCUT2D eigenvalue weighted by molar-refractivity contribution is 5.43. The summed E-state index contributed by atoms with van der Waals surface area (Å²) in [6.07, 6.45) is 7.71. The summed E-state index contributed by atoms with van der Waals surface area (Å²) in [6.45, 7) is 2.93. The van der Waals surface area contributed by atoms with Crippen molar-refractivity contribution in [2.24, 2.45) is 11.8 Å². The molecule has 4 N–H and O–H groups in total. The zero-order valence-electron chi connectivity index (χ0n) is 11.8. The number of nitrogens with zero attached hydrogens (tertiary/aromatic N) is 4. The van der Waals surface area contributed by atoms with Crippen LogP contribution in [0.2, 0.25) is 0 Å². The van der Waals surface area contributed by atoms with Gasteiger partial charge in [-0.05, 0) is 25.2 Å². The van der Waals surface area contributed by atoms with Crippen LogP contribution in [0.1, 0.15) is 38.5 Å². The first kappa shape index (κ1) is 13.4. The Hall–Kier alpha value is -1.63. The maximum atomic E-state index is 5.44. The molecule has 1 saturated heterocycles. The lowest BCUT2D eigenvalue weighted by Crippen LogP contribution is -2.24. The molecular formula is C13H23N7. The minimum absolute atomic E-state index is 0.424. The van der Waals surface area contributed by atoms with E-state index in [1.165, 1.54) is 38.5 Å². The van der Waals surface area contributed by atoms with Crippen LogP contribution in [0.25, 0.3) is 0 Å². The fraction of sp³-hybridized carbons (Fsp3) is 0.769. The summed E-state index contributed by atoms with van der Waals surface area (Å²) in [6, 6.07) is 0. The third-order valence-electron chi connectivity index (χ3n) is 4.20. The van der Waals surface area contributed by atoms with Crippen molar-refractivity contribution >= 4 is 17.8 Å². The molecule has 0 spiro atoms. The molecule has 0 amide bonds. The second-order valence-electron chi connectivity index (χ2n) is 5.63. The predicted octanol–water partition coefficient (Wildman–Crippen LogP) is 1.36. The molecular weight excluding hydrogens is 254 g/mol. The summed E-state index contributed by atoms with van der Waals surface area (Å²) >= 11 is 0. The van der Waals surface area contributed by atoms with Crippen LogP contribution in [0.5, 0.6) is 0 Å². The van der Waals surface area contributed by atoms with Gasteiger partial charge in [0.25, 0.3) is 0 Å². The second-order valence-corrected chi connectivity index (χ2v) is 5.63. The molecule has 0 aromatic carbocycles. The van der Waals surface area contributed by atoms with Crippen molar-refractivity contribution in [3.63, 3.8) is 0 Å². The summed E-state index contributed by atoms with van der Waals surface area (Å²) in [4.78, 5) is 15.3. The number of hydrogen-bond acceptors (Lipinski definition) is 7. The maximum Gasteiger partial charge on any atom is 0.243 e. The maximum absolute atomic E-state index is 5.44. The normalized spacial score (nSPS) is 18.9. The summed E-state index contributed by atoms with van der Waals surface area (Å²) < 4.78 is 0. The van der Waals surface area contributed by atoms with E-state index in [-0.39, 0.29) is 0 Å². The largest absolute Gasteiger partial charge is 0.354 e. The van der Waals surface area contributed by atoms with Crippen LogP contribution in [0.4, 0.5) is 17.8 Å². The number of nitrogens with two attached hydrogens (primary N) is 1. The van der Waals surface area contributed by atoms with Gasteiger partial charge in [-0.3, -0.25) is 5.43 Å². The van der Waals surface area contributed by atoms with Crippen LogP contribution in [-0.4, -0.2) is 34.6 Å². The van der Waals surface area contributed by atoms with E-state index in [1.807, 2.05) is 0 Å². The summed E-state index contributed by atoms with van der Waals surface area (Å²) in [7, 11) is 0. The van der Waals surface area contributed by atoms with E-state index in [9.17, 15) is 0 Å². The lowest BCUT2D eigenvalue weighted by Gasteiger charge is -2.25. The van der Waals surface area contributed by atoms with Crippen molar-refractivity contribution in [1.82, 2.24) is 15.0 Å². The van der Waals surface area contributed by atoms with Crippen molar-refractivity contribution in [3.8, 4) is 0 Å². The van der Waals surface area contributed by atoms with Crippen molar-refractivity contribution in [2.75, 3.05) is 35.3 Å². The Bertz CT molecular complexity index is 440. The van der Waals surface area contributed by atoms with Gasteiger partial charge in [-0.1, -0.05) is 19.3 Å². The lowest BCUT2D eigenvalue weighted by molar-refractivity contribution is 0.303. The van der Waals surface area contributed by atoms with Crippen LogP contribution >= 0.6 is 0 Å². The van der Waals surface area contributed by atoms with Crippen LogP contribution in [0.15, 0.2) is 0 Å². The molecule has 2 aliphatic rings. The second kappa shape index (κ2) is 6.21. The predicted molar refractivity (Wildman–Crippen MR) is 79.5 cm³/mol. The first-order valence-electron chi connectivity index (χ1n) is 7.56. The molecule has 2 fully saturated rings. The van der Waals surface area contributed by atoms with Crippen molar-refractivity contribution < 1.29 is 0 Å². The summed E-state index contributed by atoms with van der Waals surface area (Å²) in [5, 5.41) is 3.30. The highest BCUT2D eigenvalue weighted by Crippen LogP contribution is 2.29. The number of anilines is 3. The van der Waals surface area contributed by atoms with Gasteiger partial charge >= 0.3 is 0 Å². The highest BCUT2D eigenvalue weighted by Gasteiger charge is 2.18. The quantitative estimate of drug-likeness (QED) is 0.534. The number of nitrogens with one attached hydrogen (secondary N) is 2. The topological polar surface area (TPSA) is 92.0 Å². The Morgan fingerprint density at radius 1 is 1.05 bits per heavy atom. The molecule has 1 aliphatic heterocycles. The third-order valence-corrected chi connectivity index (χ3v) is 4.20. The zero-order valence-corrected chi connectivity index (χ0v) is 11.8. The van der Waals surface area contributed by atoms with Crippen LogP contribution < -0.4 is 21.5 Å². The fourth-order valence-corrected chi connectivity index (χ4v) is 2.74. The fourth-order valence-electron chi connectivity index (χ4n) is 2.74. The number of rotatable bonds is 6. The molecule has 7 nitrogen and oxygen atoms in total. The molecule has 0 atom stereocenters. The third kappa shape index (κ3) is 3.09. The Kier molecular flexibility index (Phi) is 4.15. The Morgan fingerprint density at radius 3 is 2.45 bits per heavy atom. The van der Waals surface area contributed by atoms with Crippen LogP contribution in [0, 0.1) is 5.92 Å². The zero-order chi connectivity index (χ0) is 13.8. The number of hydrazine groups is 1. The first-order valence-corrected chi connectivity index (χ1v) is 7.56. The molecule has 20 heavy (non-hydrogen) atoms. The average Bonchev–Trinajstić information content (AvgIpc) is 2.95. The van der Waals surface area contributed by atoms with Gasteiger partial charge in [0.2, 0.25) is 17.8 Å². The average molecular weight is 277 g/mol. The van der Waals surface area contributed by atoms with Gasteiger partial charge in [-0.15, -0.1) is 0 Å². The van der Waals surface area contributed by atoms with Crippen molar-refractivity contribution in [3.05, 3.63) is 0 Å². The smallest absolute Gasteiger partial charge is 0.243 e. The van der Waals surface area contributed by atoms with E-state index >= 15 is 0 Å². The van der Waals surface area contributed by atoms with Gasteiger partial charge in [0.15, 0.2) is 0 Å². The number of aromatic nitrogens is 3. The van der Waals surface area contributed by atoms with E-state index < -0.39 is 0 Å². The molecule has 1 aromatic rings. The summed E-state index contributed by atoms with van der Waals surface area (Å²) in [5.41, 5.74) is 2.52. The first-order chi connectivity index (χ1) is 9.85. The van der Waals surface area contributed by atoms with Crippen molar-refractivity contribution in [1.29, 1.82) is 0 Å². The van der Waals surface area contributed by atoms with E-state index in [0.717, 1.165) is 31.5 Å². The van der Waals surface area contributed by atoms with Crippen molar-refractivity contribution in [2.45, 2.75) is 38.5 Å². The van der Waals surface area contributed by atoms with Gasteiger partial charge in [0.05, 0.1) is 0 Å².